The van der Waals surface area contributed by atoms with Crippen LogP contribution in [-0.4, -0.2) is 52.4 Å². The van der Waals surface area contributed by atoms with Crippen LogP contribution in [0.3, 0.4) is 0 Å². The van der Waals surface area contributed by atoms with E-state index in [-0.39, 0.29) is 17.2 Å². The molecule has 1 aliphatic heterocycles. The molecule has 144 valence electrons. The van der Waals surface area contributed by atoms with Crippen molar-refractivity contribution in [3.8, 4) is 0 Å². The standard InChI is InChI=1S/C20H25N3O3S/c1-14-6-4-5-7-16(14)12-17-15(2)21-20(22(3)19(17)25)27-13-18(24)23-8-10-26-11-9-23/h4-7H,8-13H2,1-3H3. The minimum atomic E-state index is -0.0490. The smallest absolute Gasteiger partial charge is 0.257 e. The van der Waals surface area contributed by atoms with Crippen LogP contribution in [-0.2, 0) is 23.0 Å². The Morgan fingerprint density at radius 2 is 1.93 bits per heavy atom. The van der Waals surface area contributed by atoms with Gasteiger partial charge in [-0.1, -0.05) is 36.0 Å². The van der Waals surface area contributed by atoms with Crippen molar-refractivity contribution in [3.05, 3.63) is 57.0 Å². The number of ether oxygens (including phenoxy) is 1. The minimum absolute atomic E-state index is 0.0490. The second-order valence-corrected chi connectivity index (χ2v) is 7.65. The number of morpholine rings is 1. The maximum Gasteiger partial charge on any atom is 0.257 e. The van der Waals surface area contributed by atoms with Crippen molar-refractivity contribution < 1.29 is 9.53 Å². The number of amides is 1. The molecule has 0 bridgehead atoms. The molecular formula is C20H25N3O3S. The van der Waals surface area contributed by atoms with Gasteiger partial charge in [-0.3, -0.25) is 14.2 Å². The topological polar surface area (TPSA) is 64.4 Å². The minimum Gasteiger partial charge on any atom is -0.378 e. The molecule has 7 heteroatoms. The van der Waals surface area contributed by atoms with E-state index in [1.54, 1.807) is 16.5 Å². The van der Waals surface area contributed by atoms with Crippen LogP contribution in [0.4, 0.5) is 0 Å². The summed E-state index contributed by atoms with van der Waals surface area (Å²) in [6.07, 6.45) is 0.565. The first kappa shape index (κ1) is 19.6. The van der Waals surface area contributed by atoms with E-state index in [4.69, 9.17) is 4.74 Å². The number of rotatable bonds is 5. The van der Waals surface area contributed by atoms with Crippen LogP contribution in [0.2, 0.25) is 0 Å². The molecule has 1 fully saturated rings. The van der Waals surface area contributed by atoms with Crippen molar-refractivity contribution in [2.45, 2.75) is 25.4 Å². The molecule has 0 atom stereocenters. The molecule has 0 unspecified atom stereocenters. The predicted octanol–water partition coefficient (Wildman–Crippen LogP) is 1.94. The maximum atomic E-state index is 12.9. The molecule has 27 heavy (non-hydrogen) atoms. The van der Waals surface area contributed by atoms with Crippen molar-refractivity contribution in [1.82, 2.24) is 14.5 Å². The molecule has 1 aliphatic rings. The lowest BCUT2D eigenvalue weighted by molar-refractivity contribution is -0.132. The molecule has 0 aliphatic carbocycles. The Morgan fingerprint density at radius 3 is 2.63 bits per heavy atom. The van der Waals surface area contributed by atoms with E-state index in [0.717, 1.165) is 16.8 Å². The van der Waals surface area contributed by atoms with Gasteiger partial charge in [-0.15, -0.1) is 0 Å². The van der Waals surface area contributed by atoms with Gasteiger partial charge in [0.2, 0.25) is 5.91 Å². The second kappa shape index (κ2) is 8.71. The molecule has 2 heterocycles. The lowest BCUT2D eigenvalue weighted by Gasteiger charge is -2.26. The van der Waals surface area contributed by atoms with Crippen LogP contribution in [0.25, 0.3) is 0 Å². The maximum absolute atomic E-state index is 12.9. The molecule has 0 spiro atoms. The Bertz CT molecular complexity index is 889. The highest BCUT2D eigenvalue weighted by Gasteiger charge is 2.19. The van der Waals surface area contributed by atoms with E-state index >= 15 is 0 Å². The summed E-state index contributed by atoms with van der Waals surface area (Å²) < 4.78 is 6.83. The number of nitrogens with zero attached hydrogens (tertiary/aromatic N) is 3. The van der Waals surface area contributed by atoms with Gasteiger partial charge < -0.3 is 9.64 Å². The summed E-state index contributed by atoms with van der Waals surface area (Å²) >= 11 is 1.32. The van der Waals surface area contributed by atoms with E-state index in [0.29, 0.717) is 43.4 Å². The Balaban J connectivity index is 1.75. The molecule has 1 saturated heterocycles. The third-order valence-electron chi connectivity index (χ3n) is 4.87. The highest BCUT2D eigenvalue weighted by atomic mass is 32.2. The molecule has 0 N–H and O–H groups in total. The van der Waals surface area contributed by atoms with Crippen molar-refractivity contribution >= 4 is 17.7 Å². The molecule has 1 amide bonds. The predicted molar refractivity (Wildman–Crippen MR) is 106 cm³/mol. The normalized spacial score (nSPS) is 14.4. The number of benzene rings is 1. The average molecular weight is 388 g/mol. The van der Waals surface area contributed by atoms with Gasteiger partial charge in [0.25, 0.3) is 5.56 Å². The molecular weight excluding hydrogens is 362 g/mol. The summed E-state index contributed by atoms with van der Waals surface area (Å²) in [5.74, 6) is 0.329. The van der Waals surface area contributed by atoms with Crippen molar-refractivity contribution in [3.63, 3.8) is 0 Å². The molecule has 3 rings (SSSR count). The number of carbonyl (C=O) groups excluding carboxylic acids is 1. The van der Waals surface area contributed by atoms with Crippen LogP contribution in [0.15, 0.2) is 34.2 Å². The number of hydrogen-bond donors (Lipinski definition) is 0. The van der Waals surface area contributed by atoms with Crippen LogP contribution in [0, 0.1) is 13.8 Å². The fourth-order valence-corrected chi connectivity index (χ4v) is 4.01. The largest absolute Gasteiger partial charge is 0.378 e. The molecule has 1 aromatic carbocycles. The Kier molecular flexibility index (Phi) is 6.34. The zero-order valence-electron chi connectivity index (χ0n) is 16.0. The Morgan fingerprint density at radius 1 is 1.22 bits per heavy atom. The van der Waals surface area contributed by atoms with E-state index in [1.165, 1.54) is 11.8 Å². The van der Waals surface area contributed by atoms with Crippen LogP contribution < -0.4 is 5.56 Å². The first-order valence-electron chi connectivity index (χ1n) is 9.06. The van der Waals surface area contributed by atoms with Gasteiger partial charge in [-0.2, -0.15) is 0 Å². The van der Waals surface area contributed by atoms with Gasteiger partial charge in [0.05, 0.1) is 19.0 Å². The monoisotopic (exact) mass is 387 g/mol. The quantitative estimate of drug-likeness (QED) is 0.580. The third-order valence-corrected chi connectivity index (χ3v) is 5.88. The summed E-state index contributed by atoms with van der Waals surface area (Å²) in [4.78, 5) is 31.6. The first-order chi connectivity index (χ1) is 13.0. The molecule has 6 nitrogen and oxygen atoms in total. The van der Waals surface area contributed by atoms with Crippen LogP contribution in [0.1, 0.15) is 22.4 Å². The van der Waals surface area contributed by atoms with Gasteiger partial charge in [-0.25, -0.2) is 4.98 Å². The lowest BCUT2D eigenvalue weighted by atomic mass is 10.0. The Labute approximate surface area is 163 Å². The van der Waals surface area contributed by atoms with Gasteiger partial charge in [0.1, 0.15) is 0 Å². The highest BCUT2D eigenvalue weighted by Crippen LogP contribution is 2.18. The number of hydrogen-bond acceptors (Lipinski definition) is 5. The van der Waals surface area contributed by atoms with E-state index in [1.807, 2.05) is 38.1 Å². The van der Waals surface area contributed by atoms with Crippen molar-refractivity contribution in [2.24, 2.45) is 7.05 Å². The number of aryl methyl sites for hydroxylation is 2. The summed E-state index contributed by atoms with van der Waals surface area (Å²) in [7, 11) is 1.72. The third kappa shape index (κ3) is 4.59. The van der Waals surface area contributed by atoms with Gasteiger partial charge in [0, 0.05) is 37.8 Å². The first-order valence-corrected chi connectivity index (χ1v) is 10.0. The number of thioether (sulfide) groups is 1. The fourth-order valence-electron chi connectivity index (χ4n) is 3.09. The van der Waals surface area contributed by atoms with Crippen LogP contribution >= 0.6 is 11.8 Å². The zero-order valence-corrected chi connectivity index (χ0v) is 16.8. The molecule has 0 saturated carbocycles. The van der Waals surface area contributed by atoms with Gasteiger partial charge in [0.15, 0.2) is 5.16 Å². The summed E-state index contributed by atoms with van der Waals surface area (Å²) in [6, 6.07) is 8.06. The summed E-state index contributed by atoms with van der Waals surface area (Å²) in [5.41, 5.74) is 3.67. The molecule has 0 radical (unpaired) electrons. The van der Waals surface area contributed by atoms with Crippen molar-refractivity contribution in [1.29, 1.82) is 0 Å². The molecule has 2 aromatic rings. The van der Waals surface area contributed by atoms with Crippen molar-refractivity contribution in [2.75, 3.05) is 32.1 Å². The number of aromatic nitrogens is 2. The second-order valence-electron chi connectivity index (χ2n) is 6.71. The van der Waals surface area contributed by atoms with Crippen LogP contribution in [0.5, 0.6) is 0 Å². The summed E-state index contributed by atoms with van der Waals surface area (Å²) in [5, 5.41) is 0.577. The van der Waals surface area contributed by atoms with E-state index in [9.17, 15) is 9.59 Å². The summed E-state index contributed by atoms with van der Waals surface area (Å²) in [6.45, 7) is 6.33. The van der Waals surface area contributed by atoms with E-state index < -0.39 is 0 Å². The van der Waals surface area contributed by atoms with Gasteiger partial charge >= 0.3 is 0 Å². The number of carbonyl (C=O) groups is 1. The Hall–Kier alpha value is -2.12. The highest BCUT2D eigenvalue weighted by molar-refractivity contribution is 7.99. The average Bonchev–Trinajstić information content (AvgIpc) is 2.68. The zero-order chi connectivity index (χ0) is 19.4. The van der Waals surface area contributed by atoms with E-state index in [2.05, 4.69) is 4.98 Å². The molecule has 1 aromatic heterocycles. The fraction of sp³-hybridized carbons (Fsp3) is 0.450. The lowest BCUT2D eigenvalue weighted by Crippen LogP contribution is -2.41. The SMILES string of the molecule is Cc1ccccc1Cc1c(C)nc(SCC(=O)N2CCOCC2)n(C)c1=O. The van der Waals surface area contributed by atoms with Gasteiger partial charge in [-0.05, 0) is 25.0 Å².